The van der Waals surface area contributed by atoms with Crippen LogP contribution in [0.1, 0.15) is 66.4 Å². The van der Waals surface area contributed by atoms with Gasteiger partial charge in [0.25, 0.3) is 0 Å². The molecule has 2 heterocycles. The Kier molecular flexibility index (Phi) is 4.33. The first-order chi connectivity index (χ1) is 14.3. The van der Waals surface area contributed by atoms with Gasteiger partial charge in [0.15, 0.2) is 5.75 Å². The average Bonchev–Trinajstić information content (AvgIpc) is 3.45. The molecule has 5 nitrogen and oxygen atoms in total. The summed E-state index contributed by atoms with van der Waals surface area (Å²) in [6.07, 6.45) is 6.95. The van der Waals surface area contributed by atoms with E-state index in [9.17, 15) is 14.7 Å². The van der Waals surface area contributed by atoms with Crippen molar-refractivity contribution in [1.29, 1.82) is 0 Å². The normalized spacial score (nSPS) is 17.7. The predicted octanol–water partition coefficient (Wildman–Crippen LogP) is 5.39. The van der Waals surface area contributed by atoms with E-state index < -0.39 is 11.4 Å². The molecule has 2 aliphatic rings. The minimum atomic E-state index is -1.19. The number of rotatable bonds is 4. The number of pyridine rings is 1. The third-order valence-corrected chi connectivity index (χ3v) is 7.76. The number of hydrogen-bond acceptors (Lipinski definition) is 4. The monoisotopic (exact) mass is 423 g/mol. The molecule has 0 unspecified atom stereocenters. The number of aromatic nitrogens is 1. The van der Waals surface area contributed by atoms with Gasteiger partial charge in [-0.1, -0.05) is 13.8 Å². The topological polar surface area (TPSA) is 68.5 Å². The van der Waals surface area contributed by atoms with Gasteiger partial charge in [-0.05, 0) is 61.3 Å². The van der Waals surface area contributed by atoms with Crippen molar-refractivity contribution in [2.75, 3.05) is 7.11 Å². The molecule has 5 rings (SSSR count). The van der Waals surface area contributed by atoms with Gasteiger partial charge in [0.05, 0.1) is 18.0 Å². The van der Waals surface area contributed by atoms with Gasteiger partial charge in [-0.25, -0.2) is 4.79 Å². The van der Waals surface area contributed by atoms with Crippen molar-refractivity contribution in [3.8, 4) is 16.2 Å². The second-order valence-electron chi connectivity index (χ2n) is 9.04. The number of fused-ring (bicyclic) bond motifs is 2. The number of nitrogens with zero attached hydrogens (tertiary/aromatic N) is 1. The molecule has 0 saturated heterocycles. The molecule has 0 bridgehead atoms. The van der Waals surface area contributed by atoms with E-state index in [1.54, 1.807) is 13.2 Å². The van der Waals surface area contributed by atoms with E-state index in [0.29, 0.717) is 16.7 Å². The van der Waals surface area contributed by atoms with E-state index in [-0.39, 0.29) is 17.0 Å². The Morgan fingerprint density at radius 1 is 1.30 bits per heavy atom. The maximum atomic E-state index is 12.9. The quantitative estimate of drug-likeness (QED) is 0.611. The highest BCUT2D eigenvalue weighted by molar-refractivity contribution is 7.15. The minimum absolute atomic E-state index is 0.166. The van der Waals surface area contributed by atoms with Crippen LogP contribution >= 0.6 is 11.3 Å². The number of carboxylic acid groups (broad SMARTS) is 1. The van der Waals surface area contributed by atoms with Crippen LogP contribution in [-0.4, -0.2) is 22.8 Å². The molecule has 1 saturated carbocycles. The van der Waals surface area contributed by atoms with Crippen LogP contribution in [-0.2, 0) is 11.8 Å². The van der Waals surface area contributed by atoms with Crippen molar-refractivity contribution in [1.82, 2.24) is 4.57 Å². The summed E-state index contributed by atoms with van der Waals surface area (Å²) in [5.41, 5.74) is 2.62. The second kappa shape index (κ2) is 6.71. The van der Waals surface area contributed by atoms with Gasteiger partial charge in [-0.2, -0.15) is 0 Å². The molecule has 2 aromatic heterocycles. The number of methoxy groups -OCH3 is 1. The number of hydrogen-bond donors (Lipinski definition) is 1. The number of carboxylic acids is 1. The zero-order chi connectivity index (χ0) is 21.2. The Morgan fingerprint density at radius 3 is 2.70 bits per heavy atom. The van der Waals surface area contributed by atoms with Gasteiger partial charge in [0, 0.05) is 27.6 Å². The van der Waals surface area contributed by atoms with Crippen molar-refractivity contribution in [2.24, 2.45) is 0 Å². The summed E-state index contributed by atoms with van der Waals surface area (Å²) in [5, 5.41) is 9.92. The van der Waals surface area contributed by atoms with Crippen molar-refractivity contribution < 1.29 is 14.6 Å². The number of aryl methyl sites for hydroxylation is 1. The lowest BCUT2D eigenvalue weighted by Crippen LogP contribution is -2.21. The highest BCUT2D eigenvalue weighted by atomic mass is 32.1. The number of ether oxygens (including phenoxy) is 1. The first kappa shape index (κ1) is 19.4. The molecule has 1 N–H and O–H groups in total. The first-order valence-electron chi connectivity index (χ1n) is 10.4. The van der Waals surface area contributed by atoms with Crippen molar-refractivity contribution in [3.05, 3.63) is 50.6 Å². The summed E-state index contributed by atoms with van der Waals surface area (Å²) >= 11 is 1.81. The van der Waals surface area contributed by atoms with Crippen molar-refractivity contribution >= 4 is 28.2 Å². The highest BCUT2D eigenvalue weighted by Crippen LogP contribution is 2.48. The van der Waals surface area contributed by atoms with E-state index >= 15 is 0 Å². The van der Waals surface area contributed by atoms with Gasteiger partial charge in [0.2, 0.25) is 5.43 Å². The maximum absolute atomic E-state index is 12.9. The molecule has 2 aliphatic carbocycles. The van der Waals surface area contributed by atoms with Gasteiger partial charge in [-0.3, -0.25) is 4.79 Å². The van der Waals surface area contributed by atoms with Crippen LogP contribution in [0.2, 0.25) is 0 Å². The minimum Gasteiger partial charge on any atom is -0.494 e. The summed E-state index contributed by atoms with van der Waals surface area (Å²) in [4.78, 5) is 27.1. The van der Waals surface area contributed by atoms with Gasteiger partial charge < -0.3 is 14.4 Å². The van der Waals surface area contributed by atoms with Crippen LogP contribution in [0.3, 0.4) is 0 Å². The van der Waals surface area contributed by atoms with Crippen LogP contribution in [0.15, 0.2) is 29.2 Å². The van der Waals surface area contributed by atoms with Crippen LogP contribution in [0.5, 0.6) is 5.75 Å². The Labute approximate surface area is 178 Å². The third-order valence-electron chi connectivity index (χ3n) is 6.53. The molecule has 30 heavy (non-hydrogen) atoms. The molecule has 0 amide bonds. The fraction of sp³-hybridized carbons (Fsp3) is 0.417. The molecule has 156 valence electrons. The summed E-state index contributed by atoms with van der Waals surface area (Å²) in [7, 11) is 1.63. The fourth-order valence-electron chi connectivity index (χ4n) is 4.76. The largest absolute Gasteiger partial charge is 0.494 e. The van der Waals surface area contributed by atoms with Crippen LogP contribution in [0, 0.1) is 0 Å². The lowest BCUT2D eigenvalue weighted by atomic mass is 9.76. The van der Waals surface area contributed by atoms with Crippen molar-refractivity contribution in [2.45, 2.75) is 57.4 Å². The summed E-state index contributed by atoms with van der Waals surface area (Å²) in [6, 6.07) is 6.18. The smallest absolute Gasteiger partial charge is 0.341 e. The van der Waals surface area contributed by atoms with E-state index in [4.69, 9.17) is 4.74 Å². The van der Waals surface area contributed by atoms with E-state index in [0.717, 1.165) is 29.7 Å². The van der Waals surface area contributed by atoms with E-state index in [1.165, 1.54) is 29.5 Å². The van der Waals surface area contributed by atoms with Crippen LogP contribution in [0.25, 0.3) is 21.3 Å². The Hall–Kier alpha value is -2.60. The molecule has 0 atom stereocenters. The van der Waals surface area contributed by atoms with E-state index in [2.05, 4.69) is 19.9 Å². The second-order valence-corrected chi connectivity index (χ2v) is 10.2. The number of aromatic carboxylic acids is 1. The molecule has 0 aliphatic heterocycles. The Morgan fingerprint density at radius 2 is 2.07 bits per heavy atom. The zero-order valence-corrected chi connectivity index (χ0v) is 18.3. The van der Waals surface area contributed by atoms with Crippen LogP contribution in [0.4, 0.5) is 0 Å². The summed E-state index contributed by atoms with van der Waals surface area (Å²) < 4.78 is 7.81. The van der Waals surface area contributed by atoms with Gasteiger partial charge in [-0.15, -0.1) is 11.3 Å². The molecule has 0 spiro atoms. The molecule has 1 aromatic carbocycles. The SMILES string of the molecule is COc1c(-c2cc3c(s2)CCCC3(C)C)ccc2c(=O)c(C(=O)O)cn(C3CC3)c12. The Bertz CT molecular complexity index is 1250. The predicted molar refractivity (Wildman–Crippen MR) is 119 cm³/mol. The molecular weight excluding hydrogens is 398 g/mol. The Balaban J connectivity index is 1.79. The summed E-state index contributed by atoms with van der Waals surface area (Å²) in [5.74, 6) is -0.530. The maximum Gasteiger partial charge on any atom is 0.341 e. The molecule has 3 aromatic rings. The molecule has 6 heteroatoms. The lowest BCUT2D eigenvalue weighted by Gasteiger charge is -2.29. The average molecular weight is 424 g/mol. The zero-order valence-electron chi connectivity index (χ0n) is 17.4. The number of benzene rings is 1. The van der Waals surface area contributed by atoms with E-state index in [1.807, 2.05) is 22.0 Å². The number of carbonyl (C=O) groups is 1. The van der Waals surface area contributed by atoms with Gasteiger partial charge in [0.1, 0.15) is 5.56 Å². The highest BCUT2D eigenvalue weighted by Gasteiger charge is 2.32. The molecule has 1 fully saturated rings. The first-order valence-corrected chi connectivity index (χ1v) is 11.3. The molecular formula is C24H25NO4S. The third kappa shape index (κ3) is 2.88. The summed E-state index contributed by atoms with van der Waals surface area (Å²) in [6.45, 7) is 4.61. The van der Waals surface area contributed by atoms with Crippen LogP contribution < -0.4 is 10.2 Å². The standard InChI is InChI=1S/C24H25NO4S/c1-24(2)10-4-5-18-17(24)11-19(30-18)14-8-9-15-20(22(14)29-3)25(13-6-7-13)12-16(21(15)26)23(27)28/h8-9,11-13H,4-7,10H2,1-3H3,(H,27,28). The number of thiophene rings is 1. The van der Waals surface area contributed by atoms with Crippen molar-refractivity contribution in [3.63, 3.8) is 0 Å². The van der Waals surface area contributed by atoms with Gasteiger partial charge >= 0.3 is 5.97 Å². The molecule has 0 radical (unpaired) electrons. The lowest BCUT2D eigenvalue weighted by molar-refractivity contribution is 0.0695. The fourth-order valence-corrected chi connectivity index (χ4v) is 6.16.